The van der Waals surface area contributed by atoms with Crippen LogP contribution in [0.1, 0.15) is 16.1 Å². The van der Waals surface area contributed by atoms with Crippen LogP contribution >= 0.6 is 22.6 Å². The van der Waals surface area contributed by atoms with E-state index in [0.29, 0.717) is 0 Å². The van der Waals surface area contributed by atoms with Crippen LogP contribution in [0.4, 0.5) is 13.2 Å². The van der Waals surface area contributed by atoms with Gasteiger partial charge in [0.15, 0.2) is 5.75 Å². The fraction of sp³-hybridized carbons (Fsp3) is 0.250. The topological polar surface area (TPSA) is 59.4 Å². The summed E-state index contributed by atoms with van der Waals surface area (Å²) in [5.41, 5.74) is -0.614. The van der Waals surface area contributed by atoms with E-state index in [1.165, 1.54) is 29.5 Å². The van der Waals surface area contributed by atoms with E-state index in [1.807, 2.05) is 0 Å². The Bertz CT molecular complexity index is 433. The number of ether oxygens (including phenoxy) is 1. The standard InChI is InChI=1S/C8H5F3INO3/c1-3-5(7(14)15)6(4(12)2-13-3)16-8(9,10)11/h2H,1H3,(H,14,15). The van der Waals surface area contributed by atoms with Crippen LogP contribution in [-0.2, 0) is 0 Å². The minimum atomic E-state index is -4.93. The van der Waals surface area contributed by atoms with Crippen molar-refractivity contribution in [3.63, 3.8) is 0 Å². The number of carboxylic acid groups (broad SMARTS) is 1. The molecular weight excluding hydrogens is 342 g/mol. The maximum absolute atomic E-state index is 12.1. The molecule has 0 unspecified atom stereocenters. The van der Waals surface area contributed by atoms with Crippen LogP contribution in [-0.4, -0.2) is 22.4 Å². The number of aromatic carboxylic acids is 1. The van der Waals surface area contributed by atoms with E-state index in [2.05, 4.69) is 9.72 Å². The van der Waals surface area contributed by atoms with Crippen molar-refractivity contribution >= 4 is 28.6 Å². The lowest BCUT2D eigenvalue weighted by atomic mass is 10.2. The number of rotatable bonds is 2. The molecule has 1 aromatic rings. The lowest BCUT2D eigenvalue weighted by molar-refractivity contribution is -0.275. The molecule has 0 aliphatic rings. The zero-order chi connectivity index (χ0) is 12.5. The van der Waals surface area contributed by atoms with Gasteiger partial charge in [-0.05, 0) is 29.5 Å². The highest BCUT2D eigenvalue weighted by atomic mass is 127. The first kappa shape index (κ1) is 13.0. The molecule has 0 spiro atoms. The molecule has 0 saturated heterocycles. The Hall–Kier alpha value is -1.06. The van der Waals surface area contributed by atoms with Gasteiger partial charge in [-0.1, -0.05) is 0 Å². The smallest absolute Gasteiger partial charge is 0.477 e. The van der Waals surface area contributed by atoms with Crippen LogP contribution in [0.3, 0.4) is 0 Å². The van der Waals surface area contributed by atoms with Crippen molar-refractivity contribution in [2.75, 3.05) is 0 Å². The third-order valence-electron chi connectivity index (χ3n) is 1.61. The van der Waals surface area contributed by atoms with Crippen molar-refractivity contribution < 1.29 is 27.8 Å². The molecule has 0 radical (unpaired) electrons. The number of aryl methyl sites for hydroxylation is 1. The minimum Gasteiger partial charge on any atom is -0.477 e. The Morgan fingerprint density at radius 1 is 1.56 bits per heavy atom. The second kappa shape index (κ2) is 4.44. The molecule has 4 nitrogen and oxygen atoms in total. The molecule has 0 amide bonds. The summed E-state index contributed by atoms with van der Waals surface area (Å²) >= 11 is 1.53. The zero-order valence-corrected chi connectivity index (χ0v) is 9.96. The lowest BCUT2D eigenvalue weighted by Crippen LogP contribution is -2.20. The summed E-state index contributed by atoms with van der Waals surface area (Å²) in [6, 6.07) is 0. The van der Waals surface area contributed by atoms with Crippen molar-refractivity contribution in [3.05, 3.63) is 21.0 Å². The first-order valence-corrected chi connectivity index (χ1v) is 4.94. The summed E-state index contributed by atoms with van der Waals surface area (Å²) in [6.45, 7) is 1.29. The number of aromatic nitrogens is 1. The molecule has 0 bridgehead atoms. The number of hydrogen-bond donors (Lipinski definition) is 1. The van der Waals surface area contributed by atoms with Gasteiger partial charge in [0.05, 0.1) is 9.26 Å². The molecule has 0 aliphatic heterocycles. The quantitative estimate of drug-likeness (QED) is 0.836. The van der Waals surface area contributed by atoms with Gasteiger partial charge >= 0.3 is 12.3 Å². The van der Waals surface area contributed by atoms with Crippen LogP contribution in [0.5, 0.6) is 5.75 Å². The summed E-state index contributed by atoms with van der Waals surface area (Å²) in [7, 11) is 0. The average molecular weight is 347 g/mol. The molecule has 16 heavy (non-hydrogen) atoms. The normalized spacial score (nSPS) is 11.3. The highest BCUT2D eigenvalue weighted by Crippen LogP contribution is 2.32. The van der Waals surface area contributed by atoms with Gasteiger partial charge in [-0.2, -0.15) is 0 Å². The summed E-state index contributed by atoms with van der Waals surface area (Å²) in [5.74, 6) is -2.24. The number of carbonyl (C=O) groups is 1. The Balaban J connectivity index is 3.35. The molecule has 0 atom stereocenters. The Kier molecular flexibility index (Phi) is 3.61. The van der Waals surface area contributed by atoms with Gasteiger partial charge in [0.2, 0.25) is 0 Å². The fourth-order valence-corrected chi connectivity index (χ4v) is 1.55. The van der Waals surface area contributed by atoms with E-state index in [4.69, 9.17) is 5.11 Å². The highest BCUT2D eigenvalue weighted by molar-refractivity contribution is 14.1. The van der Waals surface area contributed by atoms with Crippen molar-refractivity contribution in [1.82, 2.24) is 4.98 Å². The zero-order valence-electron chi connectivity index (χ0n) is 7.80. The number of pyridine rings is 1. The summed E-state index contributed by atoms with van der Waals surface area (Å²) < 4.78 is 39.8. The van der Waals surface area contributed by atoms with Crippen LogP contribution in [0.25, 0.3) is 0 Å². The predicted molar refractivity (Wildman–Crippen MR) is 55.3 cm³/mol. The molecule has 0 aromatic carbocycles. The van der Waals surface area contributed by atoms with Crippen LogP contribution in [0.15, 0.2) is 6.20 Å². The number of halogens is 4. The Labute approximate surface area is 102 Å². The summed E-state index contributed by atoms with van der Waals surface area (Å²) in [5, 5.41) is 8.78. The van der Waals surface area contributed by atoms with Gasteiger partial charge in [0.25, 0.3) is 0 Å². The first-order chi connectivity index (χ1) is 7.22. The summed E-state index contributed by atoms with van der Waals surface area (Å²) in [4.78, 5) is 14.4. The van der Waals surface area contributed by atoms with Gasteiger partial charge < -0.3 is 9.84 Å². The van der Waals surface area contributed by atoms with Gasteiger partial charge in [-0.15, -0.1) is 13.2 Å². The molecule has 88 valence electrons. The monoisotopic (exact) mass is 347 g/mol. The largest absolute Gasteiger partial charge is 0.573 e. The first-order valence-electron chi connectivity index (χ1n) is 3.86. The number of alkyl halides is 3. The second-order valence-corrected chi connectivity index (χ2v) is 3.91. The maximum atomic E-state index is 12.1. The summed E-state index contributed by atoms with van der Waals surface area (Å²) in [6.07, 6.45) is -3.82. The highest BCUT2D eigenvalue weighted by Gasteiger charge is 2.34. The van der Waals surface area contributed by atoms with Gasteiger partial charge in [-0.25, -0.2) is 4.79 Å². The minimum absolute atomic E-state index is 0.0158. The SMILES string of the molecule is Cc1ncc(I)c(OC(F)(F)F)c1C(=O)O. The number of carboxylic acids is 1. The van der Waals surface area contributed by atoms with Gasteiger partial charge in [0.1, 0.15) is 5.56 Å². The maximum Gasteiger partial charge on any atom is 0.573 e. The van der Waals surface area contributed by atoms with Crippen molar-refractivity contribution in [1.29, 1.82) is 0 Å². The van der Waals surface area contributed by atoms with E-state index >= 15 is 0 Å². The van der Waals surface area contributed by atoms with Crippen LogP contribution < -0.4 is 4.74 Å². The molecule has 0 aliphatic carbocycles. The van der Waals surface area contributed by atoms with Gasteiger partial charge in [-0.3, -0.25) is 4.98 Å². The molecule has 0 fully saturated rings. The van der Waals surface area contributed by atoms with E-state index < -0.39 is 23.6 Å². The molecule has 1 N–H and O–H groups in total. The molecule has 1 rings (SSSR count). The molecule has 1 heterocycles. The van der Waals surface area contributed by atoms with Crippen molar-refractivity contribution in [3.8, 4) is 5.75 Å². The van der Waals surface area contributed by atoms with E-state index in [-0.39, 0.29) is 9.26 Å². The van der Waals surface area contributed by atoms with Crippen LogP contribution in [0, 0.1) is 10.5 Å². The predicted octanol–water partition coefficient (Wildman–Crippen LogP) is 2.59. The van der Waals surface area contributed by atoms with E-state index in [9.17, 15) is 18.0 Å². The molecular formula is C8H5F3INO3. The average Bonchev–Trinajstić information content (AvgIpc) is 2.08. The third kappa shape index (κ3) is 2.97. The number of nitrogens with zero attached hydrogens (tertiary/aromatic N) is 1. The Morgan fingerprint density at radius 2 is 2.12 bits per heavy atom. The molecule has 1 aromatic heterocycles. The second-order valence-electron chi connectivity index (χ2n) is 2.75. The Morgan fingerprint density at radius 3 is 2.56 bits per heavy atom. The lowest BCUT2D eigenvalue weighted by Gasteiger charge is -2.13. The van der Waals surface area contributed by atoms with Crippen molar-refractivity contribution in [2.45, 2.75) is 13.3 Å². The van der Waals surface area contributed by atoms with Crippen LogP contribution in [0.2, 0.25) is 0 Å². The number of hydrogen-bond acceptors (Lipinski definition) is 3. The molecule has 8 heteroatoms. The van der Waals surface area contributed by atoms with E-state index in [1.54, 1.807) is 0 Å². The molecule has 0 saturated carbocycles. The third-order valence-corrected chi connectivity index (χ3v) is 2.38. The van der Waals surface area contributed by atoms with Gasteiger partial charge in [0, 0.05) is 6.20 Å². The van der Waals surface area contributed by atoms with Crippen molar-refractivity contribution in [2.24, 2.45) is 0 Å². The fourth-order valence-electron chi connectivity index (χ4n) is 1.03. The van der Waals surface area contributed by atoms with E-state index in [0.717, 1.165) is 6.20 Å².